The van der Waals surface area contributed by atoms with Crippen LogP contribution in [-0.2, 0) is 0 Å². The normalized spacial score (nSPS) is 12.3. The molecule has 0 fully saturated rings. The van der Waals surface area contributed by atoms with Gasteiger partial charge in [-0.15, -0.1) is 11.3 Å². The summed E-state index contributed by atoms with van der Waals surface area (Å²) in [5.74, 6) is -0.195. The summed E-state index contributed by atoms with van der Waals surface area (Å²) in [5, 5.41) is 14.4. The maximum atomic E-state index is 12.4. The molecule has 2 aromatic carbocycles. The Kier molecular flexibility index (Phi) is 5.19. The maximum Gasteiger partial charge on any atom is 0.262 e. The van der Waals surface area contributed by atoms with Gasteiger partial charge in [0.15, 0.2) is 0 Å². The fourth-order valence-corrected chi connectivity index (χ4v) is 4.09. The number of hydrogen-bond donors (Lipinski definition) is 2. The smallest absolute Gasteiger partial charge is 0.262 e. The fraction of sp³-hybridized carbons (Fsp3) is 0.211. The number of nitrogens with one attached hydrogen (secondary N) is 1. The van der Waals surface area contributed by atoms with Gasteiger partial charge in [0.2, 0.25) is 0 Å². The van der Waals surface area contributed by atoms with Crippen LogP contribution < -0.4 is 5.32 Å². The number of carbonyl (C=O) groups excluding carboxylic acids is 1. The van der Waals surface area contributed by atoms with Gasteiger partial charge in [-0.2, -0.15) is 0 Å². The summed E-state index contributed by atoms with van der Waals surface area (Å²) in [6.45, 7) is 2.40. The molecule has 1 amide bonds. The first-order valence-electron chi connectivity index (χ1n) is 7.76. The van der Waals surface area contributed by atoms with Crippen molar-refractivity contribution in [3.05, 3.63) is 69.6 Å². The van der Waals surface area contributed by atoms with Crippen molar-refractivity contribution in [2.45, 2.75) is 19.4 Å². The van der Waals surface area contributed by atoms with E-state index in [1.54, 1.807) is 0 Å². The first-order chi connectivity index (χ1) is 11.6. The van der Waals surface area contributed by atoms with Crippen LogP contribution in [0.3, 0.4) is 0 Å². The van der Waals surface area contributed by atoms with E-state index in [-0.39, 0.29) is 5.91 Å². The molecule has 0 saturated heterocycles. The van der Waals surface area contributed by atoms with Gasteiger partial charge in [0.05, 0.1) is 11.1 Å². The molecule has 1 aromatic heterocycles. The molecule has 24 heavy (non-hydrogen) atoms. The molecule has 1 heterocycles. The largest absolute Gasteiger partial charge is 0.388 e. The van der Waals surface area contributed by atoms with Gasteiger partial charge in [-0.25, -0.2) is 0 Å². The molecule has 1 atom stereocenters. The van der Waals surface area contributed by atoms with Crippen LogP contribution in [0.15, 0.2) is 48.5 Å². The SMILES string of the molecule is Cc1ccc2c(Cl)c(C(=O)NCCC(O)c3ccccc3)sc2c1. The highest BCUT2D eigenvalue weighted by Crippen LogP contribution is 2.35. The minimum atomic E-state index is -0.591. The van der Waals surface area contributed by atoms with Gasteiger partial charge >= 0.3 is 0 Å². The Hall–Kier alpha value is -1.88. The molecular weight excluding hydrogens is 342 g/mol. The first kappa shape index (κ1) is 17.0. The number of aliphatic hydroxyl groups excluding tert-OH is 1. The number of thiophene rings is 1. The zero-order chi connectivity index (χ0) is 17.1. The molecule has 5 heteroatoms. The summed E-state index contributed by atoms with van der Waals surface area (Å²) in [5.41, 5.74) is 1.99. The summed E-state index contributed by atoms with van der Waals surface area (Å²) in [7, 11) is 0. The third-order valence-electron chi connectivity index (χ3n) is 3.88. The molecule has 0 radical (unpaired) electrons. The summed E-state index contributed by atoms with van der Waals surface area (Å²) in [6, 6.07) is 15.4. The third kappa shape index (κ3) is 3.61. The number of fused-ring (bicyclic) bond motifs is 1. The lowest BCUT2D eigenvalue weighted by Crippen LogP contribution is -2.25. The van der Waals surface area contributed by atoms with Crippen LogP contribution in [0.25, 0.3) is 10.1 Å². The van der Waals surface area contributed by atoms with Crippen molar-refractivity contribution in [2.75, 3.05) is 6.54 Å². The van der Waals surface area contributed by atoms with E-state index in [1.165, 1.54) is 11.3 Å². The third-order valence-corrected chi connectivity index (χ3v) is 5.53. The Morgan fingerprint density at radius 2 is 2.00 bits per heavy atom. The van der Waals surface area contributed by atoms with E-state index in [9.17, 15) is 9.90 Å². The lowest BCUT2D eigenvalue weighted by atomic mass is 10.1. The number of halogens is 1. The summed E-state index contributed by atoms with van der Waals surface area (Å²) < 4.78 is 1.01. The predicted octanol–water partition coefficient (Wildman–Crippen LogP) is 4.72. The highest BCUT2D eigenvalue weighted by atomic mass is 35.5. The van der Waals surface area contributed by atoms with E-state index in [4.69, 9.17) is 11.6 Å². The van der Waals surface area contributed by atoms with Gasteiger partial charge in [0.1, 0.15) is 4.88 Å². The number of benzene rings is 2. The summed E-state index contributed by atoms with van der Waals surface area (Å²) in [6.07, 6.45) is -0.135. The predicted molar refractivity (Wildman–Crippen MR) is 99.9 cm³/mol. The summed E-state index contributed by atoms with van der Waals surface area (Å²) in [4.78, 5) is 12.9. The molecular formula is C19H18ClNO2S. The second kappa shape index (κ2) is 7.34. The van der Waals surface area contributed by atoms with E-state index < -0.39 is 6.10 Å². The van der Waals surface area contributed by atoms with Crippen LogP contribution in [0, 0.1) is 6.92 Å². The topological polar surface area (TPSA) is 49.3 Å². The molecule has 0 aliphatic carbocycles. The molecule has 3 aromatic rings. The molecule has 1 unspecified atom stereocenters. The van der Waals surface area contributed by atoms with Gasteiger partial charge in [-0.05, 0) is 30.5 Å². The Morgan fingerprint density at radius 3 is 2.75 bits per heavy atom. The number of rotatable bonds is 5. The monoisotopic (exact) mass is 359 g/mol. The van der Waals surface area contributed by atoms with Gasteiger partial charge in [-0.3, -0.25) is 4.79 Å². The molecule has 3 nitrogen and oxygen atoms in total. The van der Waals surface area contributed by atoms with Crippen LogP contribution in [0.2, 0.25) is 5.02 Å². The second-order valence-corrected chi connectivity index (χ2v) is 7.15. The number of aliphatic hydroxyl groups is 1. The zero-order valence-electron chi connectivity index (χ0n) is 13.3. The molecule has 0 aliphatic rings. The van der Waals surface area contributed by atoms with E-state index in [0.717, 1.165) is 21.2 Å². The van der Waals surface area contributed by atoms with Crippen LogP contribution in [-0.4, -0.2) is 17.6 Å². The molecule has 2 N–H and O–H groups in total. The van der Waals surface area contributed by atoms with Crippen molar-refractivity contribution in [3.8, 4) is 0 Å². The Labute approximate surface area is 149 Å². The Bertz CT molecular complexity index is 860. The quantitative estimate of drug-likeness (QED) is 0.692. The van der Waals surface area contributed by atoms with E-state index in [2.05, 4.69) is 5.32 Å². The second-order valence-electron chi connectivity index (χ2n) is 5.72. The van der Waals surface area contributed by atoms with Gasteiger partial charge in [0, 0.05) is 16.6 Å². The zero-order valence-corrected chi connectivity index (χ0v) is 14.8. The van der Waals surface area contributed by atoms with E-state index in [0.29, 0.717) is 22.9 Å². The number of carbonyl (C=O) groups is 1. The molecule has 3 rings (SSSR count). The molecule has 0 bridgehead atoms. The number of hydrogen-bond acceptors (Lipinski definition) is 3. The highest BCUT2D eigenvalue weighted by molar-refractivity contribution is 7.21. The highest BCUT2D eigenvalue weighted by Gasteiger charge is 2.17. The number of aryl methyl sites for hydroxylation is 1. The molecule has 0 saturated carbocycles. The van der Waals surface area contributed by atoms with E-state index in [1.807, 2.05) is 55.5 Å². The van der Waals surface area contributed by atoms with Crippen molar-refractivity contribution in [2.24, 2.45) is 0 Å². The van der Waals surface area contributed by atoms with Gasteiger partial charge in [-0.1, -0.05) is 54.1 Å². The minimum Gasteiger partial charge on any atom is -0.388 e. The van der Waals surface area contributed by atoms with Gasteiger partial charge < -0.3 is 10.4 Å². The first-order valence-corrected chi connectivity index (χ1v) is 8.95. The van der Waals surface area contributed by atoms with Crippen LogP contribution in [0.5, 0.6) is 0 Å². The lowest BCUT2D eigenvalue weighted by molar-refractivity contribution is 0.0947. The lowest BCUT2D eigenvalue weighted by Gasteiger charge is -2.11. The molecule has 124 valence electrons. The Morgan fingerprint density at radius 1 is 1.25 bits per heavy atom. The average molecular weight is 360 g/mol. The average Bonchev–Trinajstić information content (AvgIpc) is 2.91. The fourth-order valence-electron chi connectivity index (χ4n) is 2.56. The molecule has 0 spiro atoms. The van der Waals surface area contributed by atoms with Crippen LogP contribution >= 0.6 is 22.9 Å². The summed E-state index contributed by atoms with van der Waals surface area (Å²) >= 11 is 7.74. The van der Waals surface area contributed by atoms with E-state index >= 15 is 0 Å². The van der Waals surface area contributed by atoms with Crippen molar-refractivity contribution in [3.63, 3.8) is 0 Å². The van der Waals surface area contributed by atoms with Crippen LogP contribution in [0.4, 0.5) is 0 Å². The van der Waals surface area contributed by atoms with Crippen molar-refractivity contribution in [1.29, 1.82) is 0 Å². The number of amides is 1. The van der Waals surface area contributed by atoms with Crippen LogP contribution in [0.1, 0.15) is 33.3 Å². The van der Waals surface area contributed by atoms with Crippen molar-refractivity contribution in [1.82, 2.24) is 5.32 Å². The van der Waals surface area contributed by atoms with Gasteiger partial charge in [0.25, 0.3) is 5.91 Å². The standard InChI is InChI=1S/C19H18ClNO2S/c1-12-7-8-14-16(11-12)24-18(17(14)20)19(23)21-10-9-15(22)13-5-3-2-4-6-13/h2-8,11,15,22H,9-10H2,1H3,(H,21,23). The maximum absolute atomic E-state index is 12.4. The molecule has 0 aliphatic heterocycles. The Balaban J connectivity index is 1.64. The van der Waals surface area contributed by atoms with Crippen molar-refractivity contribution < 1.29 is 9.90 Å². The minimum absolute atomic E-state index is 0.195. The van der Waals surface area contributed by atoms with Crippen molar-refractivity contribution >= 4 is 38.9 Å².